The highest BCUT2D eigenvalue weighted by molar-refractivity contribution is 8.15. The van der Waals surface area contributed by atoms with Crippen LogP contribution in [0.4, 0.5) is 17.6 Å². The first kappa shape index (κ1) is 16.7. The van der Waals surface area contributed by atoms with E-state index in [2.05, 4.69) is 0 Å². The lowest BCUT2D eigenvalue weighted by atomic mass is 10.7. The number of nitrogens with zero attached hydrogens (tertiary/aromatic N) is 2. The lowest BCUT2D eigenvalue weighted by Crippen LogP contribution is -2.36. The molecule has 8 nitrogen and oxygen atoms in total. The van der Waals surface area contributed by atoms with E-state index in [9.17, 15) is 37.8 Å². The van der Waals surface area contributed by atoms with Gasteiger partial charge in [0.25, 0.3) is 0 Å². The van der Waals surface area contributed by atoms with Crippen LogP contribution in [0.2, 0.25) is 0 Å². The highest BCUT2D eigenvalue weighted by Crippen LogP contribution is 2.31. The zero-order valence-corrected chi connectivity index (χ0v) is 9.07. The molecule has 0 fully saturated rings. The van der Waals surface area contributed by atoms with Gasteiger partial charge < -0.3 is 10.2 Å². The van der Waals surface area contributed by atoms with Gasteiger partial charge >= 0.3 is 12.1 Å². The Labute approximate surface area is 98.1 Å². The summed E-state index contributed by atoms with van der Waals surface area (Å²) in [7, 11) is -2.81. The fourth-order valence-electron chi connectivity index (χ4n) is 0.705. The van der Waals surface area contributed by atoms with Crippen molar-refractivity contribution >= 4 is 15.7 Å². The minimum atomic E-state index is -4.70. The number of rotatable bonds is 6. The molecule has 0 heterocycles. The largest absolute Gasteiger partial charge is 0.519 e. The summed E-state index contributed by atoms with van der Waals surface area (Å²) in [6, 6.07) is -9.40. The Kier molecular flexibility index (Phi) is 5.12. The summed E-state index contributed by atoms with van der Waals surface area (Å²) in [5, 5.41) is 34.7. The molecule has 0 radical (unpaired) electrons. The number of hydrogen-bond acceptors (Lipinski definition) is 4. The van der Waals surface area contributed by atoms with Crippen LogP contribution in [0.1, 0.15) is 0 Å². The van der Waals surface area contributed by atoms with Crippen LogP contribution in [-0.2, 0) is 0 Å². The first-order valence-corrected chi connectivity index (χ1v) is 5.43. The van der Waals surface area contributed by atoms with E-state index in [4.69, 9.17) is 10.2 Å². The summed E-state index contributed by atoms with van der Waals surface area (Å²) >= 11 is 0. The molecule has 0 bridgehead atoms. The van der Waals surface area contributed by atoms with Crippen LogP contribution in [0.3, 0.4) is 0 Å². The molecule has 0 aliphatic heterocycles. The fraction of sp³-hybridized carbons (Fsp3) is 0.800. The van der Waals surface area contributed by atoms with Crippen molar-refractivity contribution in [1.29, 1.82) is 0 Å². The van der Waals surface area contributed by atoms with E-state index < -0.39 is 49.2 Å². The summed E-state index contributed by atoms with van der Waals surface area (Å²) < 4.78 is 50.4. The lowest BCUT2D eigenvalue weighted by molar-refractivity contribution is -0.637. The minimum absolute atomic E-state index is 1.93. The van der Waals surface area contributed by atoms with Crippen LogP contribution in [0.5, 0.6) is 0 Å². The zero-order valence-electron chi connectivity index (χ0n) is 8.26. The van der Waals surface area contributed by atoms with Crippen LogP contribution < -0.4 is 0 Å². The molecule has 0 saturated heterocycles. The van der Waals surface area contributed by atoms with E-state index in [0.29, 0.717) is 0 Å². The van der Waals surface area contributed by atoms with Gasteiger partial charge in [-0.15, -0.1) is 28.0 Å². The first-order chi connectivity index (χ1) is 7.90. The zero-order chi connectivity index (χ0) is 14.7. The van der Waals surface area contributed by atoms with Crippen molar-refractivity contribution in [3.8, 4) is 0 Å². The van der Waals surface area contributed by atoms with Gasteiger partial charge in [0.15, 0.2) is 0 Å². The van der Waals surface area contributed by atoms with Gasteiger partial charge in [-0.05, 0) is 0 Å². The predicted molar refractivity (Wildman–Crippen MR) is 51.5 cm³/mol. The topological polar surface area (TPSA) is 127 Å². The SMILES string of the molecule is O=[N+]([O-])C(F)(F)CS(CC(F)(F)[N+](=O)[O-])=C(O)O. The van der Waals surface area contributed by atoms with Gasteiger partial charge in [0, 0.05) is 0 Å². The molecule has 0 spiro atoms. The van der Waals surface area contributed by atoms with Crippen molar-refractivity contribution in [3.63, 3.8) is 0 Å². The summed E-state index contributed by atoms with van der Waals surface area (Å²) in [5.74, 6) is -3.93. The van der Waals surface area contributed by atoms with E-state index in [1.54, 1.807) is 0 Å². The Bertz CT molecular complexity index is 365. The molecule has 0 aliphatic carbocycles. The van der Waals surface area contributed by atoms with Crippen molar-refractivity contribution < 1.29 is 37.6 Å². The molecule has 0 aromatic rings. The fourth-order valence-corrected chi connectivity index (χ4v) is 2.11. The van der Waals surface area contributed by atoms with Crippen LogP contribution in [0, 0.1) is 20.2 Å². The molecular formula is C5H6F4N2O6S. The van der Waals surface area contributed by atoms with Crippen molar-refractivity contribution in [3.05, 3.63) is 20.2 Å². The third kappa shape index (κ3) is 4.50. The number of hydrogen-bond donors (Lipinski definition) is 2. The second-order valence-electron chi connectivity index (χ2n) is 2.91. The van der Waals surface area contributed by atoms with Gasteiger partial charge in [-0.3, -0.25) is 20.2 Å². The normalized spacial score (nSPS) is 12.6. The maximum atomic E-state index is 12.6. The molecule has 0 amide bonds. The summed E-state index contributed by atoms with van der Waals surface area (Å²) in [4.78, 5) is 15.5. The quantitative estimate of drug-likeness (QED) is 0.249. The molecule has 106 valence electrons. The number of halogens is 4. The summed E-state index contributed by atoms with van der Waals surface area (Å²) in [5.41, 5.74) is 0. The average molecular weight is 298 g/mol. The smallest absolute Gasteiger partial charge is 0.337 e. The Balaban J connectivity index is 5.12. The van der Waals surface area contributed by atoms with E-state index in [1.807, 2.05) is 0 Å². The van der Waals surface area contributed by atoms with Crippen LogP contribution in [-0.4, -0.2) is 48.9 Å². The number of aliphatic hydroxyl groups excluding tert-OH is 1. The molecule has 0 rings (SSSR count). The Morgan fingerprint density at radius 2 is 1.28 bits per heavy atom. The lowest BCUT2D eigenvalue weighted by Gasteiger charge is -2.14. The maximum Gasteiger partial charge on any atom is 0.519 e. The van der Waals surface area contributed by atoms with Crippen molar-refractivity contribution in [2.75, 3.05) is 11.5 Å². The molecule has 0 aromatic carbocycles. The second-order valence-corrected chi connectivity index (χ2v) is 4.84. The molecule has 13 heteroatoms. The van der Waals surface area contributed by atoms with E-state index in [0.717, 1.165) is 0 Å². The Morgan fingerprint density at radius 1 is 1.00 bits per heavy atom. The van der Waals surface area contributed by atoms with Crippen LogP contribution >= 0.6 is 10.5 Å². The minimum Gasteiger partial charge on any atom is -0.337 e. The maximum absolute atomic E-state index is 12.6. The Hall–Kier alpha value is -1.34. The molecule has 0 aromatic heterocycles. The van der Waals surface area contributed by atoms with Crippen molar-refractivity contribution in [2.45, 2.75) is 12.1 Å². The van der Waals surface area contributed by atoms with E-state index in [1.165, 1.54) is 0 Å². The first-order valence-electron chi connectivity index (χ1n) is 3.87. The van der Waals surface area contributed by atoms with Crippen molar-refractivity contribution in [2.24, 2.45) is 0 Å². The van der Waals surface area contributed by atoms with Gasteiger partial charge in [0.05, 0.1) is 9.85 Å². The number of aliphatic hydroxyl groups is 2. The van der Waals surface area contributed by atoms with Gasteiger partial charge in [0.1, 0.15) is 11.5 Å². The van der Waals surface area contributed by atoms with Gasteiger partial charge in [-0.1, -0.05) is 0 Å². The van der Waals surface area contributed by atoms with Gasteiger partial charge in [-0.2, -0.15) is 0 Å². The molecule has 0 aliphatic rings. The second kappa shape index (κ2) is 5.53. The number of alkyl halides is 4. The standard InChI is InChI=1S/C5H6F4N2O6S/c6-4(7,10(14)15)1-18(3(12)13)2-5(8,9)11(16)17/h12-13H,1-2H2. The van der Waals surface area contributed by atoms with Crippen LogP contribution in [0.15, 0.2) is 0 Å². The monoisotopic (exact) mass is 298 g/mol. The van der Waals surface area contributed by atoms with Gasteiger partial charge in [0.2, 0.25) is 5.24 Å². The number of nitro groups is 2. The van der Waals surface area contributed by atoms with Gasteiger partial charge in [-0.25, -0.2) is 0 Å². The highest BCUT2D eigenvalue weighted by Gasteiger charge is 2.50. The summed E-state index contributed by atoms with van der Waals surface area (Å²) in [6.45, 7) is 0. The molecule has 2 N–H and O–H groups in total. The molecular weight excluding hydrogens is 292 g/mol. The molecule has 0 saturated carbocycles. The summed E-state index contributed by atoms with van der Waals surface area (Å²) in [6.07, 6.45) is 0. The Morgan fingerprint density at radius 3 is 1.44 bits per heavy atom. The van der Waals surface area contributed by atoms with Crippen molar-refractivity contribution in [1.82, 2.24) is 0 Å². The van der Waals surface area contributed by atoms with E-state index in [-0.39, 0.29) is 0 Å². The van der Waals surface area contributed by atoms with E-state index >= 15 is 0 Å². The molecule has 0 atom stereocenters. The predicted octanol–water partition coefficient (Wildman–Crippen LogP) is 1.20. The average Bonchev–Trinajstić information content (AvgIpc) is 2.15. The molecule has 18 heavy (non-hydrogen) atoms. The molecule has 0 unspecified atom stereocenters. The third-order valence-electron chi connectivity index (χ3n) is 1.49. The highest BCUT2D eigenvalue weighted by atomic mass is 32.2. The van der Waals surface area contributed by atoms with Crippen LogP contribution in [0.25, 0.3) is 0 Å². The third-order valence-corrected chi connectivity index (χ3v) is 3.40.